The third-order valence-electron chi connectivity index (χ3n) is 7.03. The number of likely N-dealkylation sites (tertiary alicyclic amines) is 1. The third kappa shape index (κ3) is 3.56. The number of rotatable bonds is 5. The second-order valence-corrected chi connectivity index (χ2v) is 9.37. The Bertz CT molecular complexity index is 1350. The number of aromatic nitrogens is 4. The molecule has 0 bridgehead atoms. The summed E-state index contributed by atoms with van der Waals surface area (Å²) in [6.45, 7) is 4.65. The Morgan fingerprint density at radius 2 is 2.12 bits per heavy atom. The van der Waals surface area contributed by atoms with E-state index >= 15 is 4.39 Å². The van der Waals surface area contributed by atoms with Gasteiger partial charge in [-0.25, -0.2) is 8.91 Å². The summed E-state index contributed by atoms with van der Waals surface area (Å²) in [6.07, 6.45) is 3.31. The molecule has 1 N–H and O–H groups in total. The maximum Gasteiger partial charge on any atom is 0.244 e. The zero-order valence-corrected chi connectivity index (χ0v) is 19.2. The number of fused-ring (bicyclic) bond motifs is 2. The first-order valence-corrected chi connectivity index (χ1v) is 11.6. The minimum absolute atomic E-state index is 0.0473. The van der Waals surface area contributed by atoms with E-state index in [1.54, 1.807) is 17.8 Å². The average molecular weight is 463 g/mol. The predicted molar refractivity (Wildman–Crippen MR) is 128 cm³/mol. The minimum atomic E-state index is -1.03. The number of piperidine rings is 1. The maximum atomic E-state index is 15.1. The summed E-state index contributed by atoms with van der Waals surface area (Å²) < 4.78 is 27.8. The van der Waals surface area contributed by atoms with Crippen molar-refractivity contribution in [3.05, 3.63) is 48.8 Å². The molecular formula is C25H27FN6O2. The number of hydrogen-bond acceptors (Lipinski definition) is 7. The lowest BCUT2D eigenvalue weighted by atomic mass is 9.92. The van der Waals surface area contributed by atoms with Crippen molar-refractivity contribution in [1.29, 1.82) is 0 Å². The zero-order chi connectivity index (χ0) is 23.3. The average Bonchev–Trinajstić information content (AvgIpc) is 3.27. The van der Waals surface area contributed by atoms with E-state index in [4.69, 9.17) is 9.47 Å². The first-order valence-electron chi connectivity index (χ1n) is 11.6. The number of benzene rings is 1. The molecule has 9 heteroatoms. The largest absolute Gasteiger partial charge is 0.479 e. The SMILES string of the molecule is COc1nc(N[C@H]2CCN(C3(C)COC3)C[C@H]2F)nn2ccc(-c3ccc4ncccc4c3)c12. The molecule has 6 rings (SSSR count). The molecule has 2 atom stereocenters. The molecule has 2 saturated heterocycles. The molecular weight excluding hydrogens is 435 g/mol. The highest BCUT2D eigenvalue weighted by Gasteiger charge is 2.43. The number of hydrogen-bond donors (Lipinski definition) is 1. The zero-order valence-electron chi connectivity index (χ0n) is 19.2. The van der Waals surface area contributed by atoms with Crippen LogP contribution in [0.2, 0.25) is 0 Å². The number of pyridine rings is 1. The monoisotopic (exact) mass is 462 g/mol. The van der Waals surface area contributed by atoms with E-state index in [1.165, 1.54) is 0 Å². The van der Waals surface area contributed by atoms with Crippen LogP contribution in [0.3, 0.4) is 0 Å². The maximum absolute atomic E-state index is 15.1. The van der Waals surface area contributed by atoms with Gasteiger partial charge in [-0.3, -0.25) is 9.88 Å². The van der Waals surface area contributed by atoms with E-state index in [0.717, 1.165) is 34.1 Å². The van der Waals surface area contributed by atoms with Crippen molar-refractivity contribution in [1.82, 2.24) is 24.5 Å². The Hall–Kier alpha value is -3.30. The van der Waals surface area contributed by atoms with Gasteiger partial charge in [0, 0.05) is 36.4 Å². The van der Waals surface area contributed by atoms with Crippen LogP contribution in [0.1, 0.15) is 13.3 Å². The molecule has 2 aliphatic rings. The van der Waals surface area contributed by atoms with Crippen LogP contribution in [0.15, 0.2) is 48.8 Å². The molecule has 0 radical (unpaired) electrons. The molecule has 34 heavy (non-hydrogen) atoms. The number of methoxy groups -OCH3 is 1. The van der Waals surface area contributed by atoms with Gasteiger partial charge >= 0.3 is 0 Å². The van der Waals surface area contributed by atoms with Gasteiger partial charge in [-0.2, -0.15) is 4.98 Å². The molecule has 3 aromatic heterocycles. The van der Waals surface area contributed by atoms with Gasteiger partial charge in [0.15, 0.2) is 0 Å². The van der Waals surface area contributed by atoms with Gasteiger partial charge in [0.25, 0.3) is 0 Å². The summed E-state index contributed by atoms with van der Waals surface area (Å²) >= 11 is 0. The Balaban J connectivity index is 1.27. The van der Waals surface area contributed by atoms with E-state index < -0.39 is 6.17 Å². The molecule has 0 spiro atoms. The Labute approximate surface area is 196 Å². The first-order chi connectivity index (χ1) is 16.5. The second kappa shape index (κ2) is 8.18. The first kappa shape index (κ1) is 21.2. The third-order valence-corrected chi connectivity index (χ3v) is 7.03. The summed E-state index contributed by atoms with van der Waals surface area (Å²) in [6, 6.07) is 11.7. The van der Waals surface area contributed by atoms with Crippen LogP contribution < -0.4 is 10.1 Å². The van der Waals surface area contributed by atoms with Crippen LogP contribution in [0, 0.1) is 0 Å². The molecule has 0 unspecified atom stereocenters. The molecule has 0 amide bonds. The molecule has 4 aromatic rings. The van der Waals surface area contributed by atoms with E-state index in [2.05, 4.69) is 38.3 Å². The van der Waals surface area contributed by atoms with Gasteiger partial charge in [0.05, 0.1) is 37.4 Å². The van der Waals surface area contributed by atoms with Crippen molar-refractivity contribution in [2.45, 2.75) is 31.1 Å². The molecule has 176 valence electrons. The molecule has 1 aromatic carbocycles. The van der Waals surface area contributed by atoms with Crippen LogP contribution in [-0.2, 0) is 4.74 Å². The lowest BCUT2D eigenvalue weighted by Gasteiger charge is -2.50. The van der Waals surface area contributed by atoms with Crippen LogP contribution in [0.5, 0.6) is 5.88 Å². The molecule has 8 nitrogen and oxygen atoms in total. The lowest BCUT2D eigenvalue weighted by Crippen LogP contribution is -2.64. The normalized spacial score (nSPS) is 22.6. The standard InChI is InChI=1S/C25H27FN6O2/c1-25(14-34-15-25)31-10-8-21(19(26)13-31)28-24-29-23(33-2)22-18(7-11-32(22)30-24)16-5-6-20-17(12-16)4-3-9-27-20/h3-7,9,11-12,19,21H,8,10,13-15H2,1-2H3,(H,28,30)/t19-,21+/m1/s1. The molecule has 2 aliphatic heterocycles. The quantitative estimate of drug-likeness (QED) is 0.486. The number of nitrogens with zero attached hydrogens (tertiary/aromatic N) is 5. The van der Waals surface area contributed by atoms with Crippen molar-refractivity contribution >= 4 is 22.4 Å². The van der Waals surface area contributed by atoms with Gasteiger partial charge in [-0.05, 0) is 43.2 Å². The molecule has 0 aliphatic carbocycles. The summed E-state index contributed by atoms with van der Waals surface area (Å²) in [5, 5.41) is 8.89. The van der Waals surface area contributed by atoms with Crippen LogP contribution in [0.25, 0.3) is 27.5 Å². The van der Waals surface area contributed by atoms with Gasteiger partial charge < -0.3 is 14.8 Å². The fourth-order valence-electron chi connectivity index (χ4n) is 4.98. The smallest absolute Gasteiger partial charge is 0.244 e. The Morgan fingerprint density at radius 1 is 1.24 bits per heavy atom. The highest BCUT2D eigenvalue weighted by atomic mass is 19.1. The van der Waals surface area contributed by atoms with E-state index in [0.29, 0.717) is 38.0 Å². The lowest BCUT2D eigenvalue weighted by molar-refractivity contribution is -0.142. The predicted octanol–water partition coefficient (Wildman–Crippen LogP) is 3.57. The number of halogens is 1. The van der Waals surface area contributed by atoms with Crippen molar-refractivity contribution in [2.75, 3.05) is 38.7 Å². The minimum Gasteiger partial charge on any atom is -0.479 e. The number of ether oxygens (including phenoxy) is 2. The van der Waals surface area contributed by atoms with Gasteiger partial charge in [-0.1, -0.05) is 12.1 Å². The topological polar surface area (TPSA) is 76.8 Å². The van der Waals surface area contributed by atoms with Crippen LogP contribution >= 0.6 is 0 Å². The van der Waals surface area contributed by atoms with Crippen molar-refractivity contribution in [2.24, 2.45) is 0 Å². The molecule has 2 fully saturated rings. The Morgan fingerprint density at radius 3 is 2.88 bits per heavy atom. The number of alkyl halides is 1. The van der Waals surface area contributed by atoms with Crippen LogP contribution in [0.4, 0.5) is 10.3 Å². The van der Waals surface area contributed by atoms with E-state index in [9.17, 15) is 0 Å². The second-order valence-electron chi connectivity index (χ2n) is 9.37. The van der Waals surface area contributed by atoms with Gasteiger partial charge in [0.1, 0.15) is 11.7 Å². The highest BCUT2D eigenvalue weighted by molar-refractivity contribution is 5.90. The number of nitrogens with one attached hydrogen (secondary N) is 1. The Kier molecular flexibility index (Phi) is 5.11. The van der Waals surface area contributed by atoms with E-state index in [-0.39, 0.29) is 11.6 Å². The molecule has 0 saturated carbocycles. The fraction of sp³-hybridized carbons (Fsp3) is 0.400. The van der Waals surface area contributed by atoms with E-state index in [1.807, 2.05) is 36.5 Å². The van der Waals surface area contributed by atoms with Crippen molar-refractivity contribution in [3.63, 3.8) is 0 Å². The fourth-order valence-corrected chi connectivity index (χ4v) is 4.98. The van der Waals surface area contributed by atoms with Crippen molar-refractivity contribution < 1.29 is 13.9 Å². The van der Waals surface area contributed by atoms with Crippen LogP contribution in [-0.4, -0.2) is 75.6 Å². The van der Waals surface area contributed by atoms with Gasteiger partial charge in [0.2, 0.25) is 11.8 Å². The summed E-state index contributed by atoms with van der Waals surface area (Å²) in [5.41, 5.74) is 3.64. The van der Waals surface area contributed by atoms with Gasteiger partial charge in [-0.15, -0.1) is 5.10 Å². The summed E-state index contributed by atoms with van der Waals surface area (Å²) in [7, 11) is 1.59. The summed E-state index contributed by atoms with van der Waals surface area (Å²) in [4.78, 5) is 11.2. The number of anilines is 1. The molecule has 5 heterocycles. The highest BCUT2D eigenvalue weighted by Crippen LogP contribution is 2.34. The summed E-state index contributed by atoms with van der Waals surface area (Å²) in [5.74, 6) is 0.796. The van der Waals surface area contributed by atoms with Crippen molar-refractivity contribution in [3.8, 4) is 17.0 Å².